The summed E-state index contributed by atoms with van der Waals surface area (Å²) in [6, 6.07) is 12.8. The summed E-state index contributed by atoms with van der Waals surface area (Å²) in [5.74, 6) is -0.641. The molecule has 3 aromatic rings. The number of amides is 1. The van der Waals surface area contributed by atoms with Gasteiger partial charge in [-0.1, -0.05) is 18.2 Å². The quantitative estimate of drug-likeness (QED) is 0.693. The van der Waals surface area contributed by atoms with Crippen LogP contribution in [0.3, 0.4) is 0 Å². The first-order chi connectivity index (χ1) is 10.6. The third kappa shape index (κ3) is 2.99. The summed E-state index contributed by atoms with van der Waals surface area (Å²) in [5, 5.41) is 3.75. The van der Waals surface area contributed by atoms with Crippen LogP contribution in [0.4, 0.5) is 10.1 Å². The van der Waals surface area contributed by atoms with E-state index in [1.165, 1.54) is 24.3 Å². The molecule has 0 radical (unpaired) electrons. The average molecular weight is 297 g/mol. The van der Waals surface area contributed by atoms with Gasteiger partial charge in [0.1, 0.15) is 5.82 Å². The minimum atomic E-state index is -0.677. The molecule has 2 aromatic carbocycles. The zero-order valence-electron chi connectivity index (χ0n) is 11.8. The number of halogens is 1. The number of rotatable bonds is 4. The maximum atomic E-state index is 12.8. The maximum Gasteiger partial charge on any atom is 0.241 e. The van der Waals surface area contributed by atoms with E-state index >= 15 is 0 Å². The van der Waals surface area contributed by atoms with Gasteiger partial charge in [-0.2, -0.15) is 0 Å². The Morgan fingerprint density at radius 2 is 1.91 bits per heavy atom. The van der Waals surface area contributed by atoms with Crippen LogP contribution in [-0.2, 0) is 11.2 Å². The zero-order chi connectivity index (χ0) is 15.5. The summed E-state index contributed by atoms with van der Waals surface area (Å²) >= 11 is 0. The molecule has 1 aromatic heterocycles. The monoisotopic (exact) mass is 297 g/mol. The lowest BCUT2D eigenvalue weighted by Crippen LogP contribution is -2.37. The molecule has 22 heavy (non-hydrogen) atoms. The van der Waals surface area contributed by atoms with Crippen LogP contribution in [0.1, 0.15) is 5.56 Å². The number of nitrogens with one attached hydrogen (secondary N) is 2. The van der Waals surface area contributed by atoms with Gasteiger partial charge in [-0.25, -0.2) is 4.39 Å². The average Bonchev–Trinajstić information content (AvgIpc) is 2.93. The van der Waals surface area contributed by atoms with Crippen LogP contribution in [-0.4, -0.2) is 16.9 Å². The fourth-order valence-corrected chi connectivity index (χ4v) is 2.40. The minimum absolute atomic E-state index is 0.295. The van der Waals surface area contributed by atoms with Crippen molar-refractivity contribution >= 4 is 22.5 Å². The van der Waals surface area contributed by atoms with Crippen molar-refractivity contribution in [3.63, 3.8) is 0 Å². The lowest BCUT2D eigenvalue weighted by Gasteiger charge is -2.12. The van der Waals surface area contributed by atoms with E-state index in [0.717, 1.165) is 16.5 Å². The summed E-state index contributed by atoms with van der Waals surface area (Å²) in [4.78, 5) is 15.3. The van der Waals surface area contributed by atoms with Crippen LogP contribution in [0.2, 0.25) is 0 Å². The first-order valence-corrected chi connectivity index (χ1v) is 7.00. The lowest BCUT2D eigenvalue weighted by molar-refractivity contribution is -0.117. The van der Waals surface area contributed by atoms with E-state index in [9.17, 15) is 9.18 Å². The Kier molecular flexibility index (Phi) is 3.89. The fraction of sp³-hybridized carbons (Fsp3) is 0.118. The van der Waals surface area contributed by atoms with Crippen LogP contribution in [0.15, 0.2) is 54.7 Å². The largest absolute Gasteiger partial charge is 0.361 e. The van der Waals surface area contributed by atoms with E-state index in [1.807, 2.05) is 30.5 Å². The second kappa shape index (κ2) is 5.99. The third-order valence-corrected chi connectivity index (χ3v) is 3.56. The van der Waals surface area contributed by atoms with Crippen LogP contribution >= 0.6 is 0 Å². The molecule has 0 saturated carbocycles. The fourth-order valence-electron chi connectivity index (χ4n) is 2.40. The topological polar surface area (TPSA) is 70.9 Å². The first kappa shape index (κ1) is 14.3. The first-order valence-electron chi connectivity index (χ1n) is 7.00. The number of hydrogen-bond donors (Lipinski definition) is 3. The van der Waals surface area contributed by atoms with E-state index < -0.39 is 6.04 Å². The highest BCUT2D eigenvalue weighted by Crippen LogP contribution is 2.19. The SMILES string of the molecule is NC(Cc1c[nH]c2ccccc12)C(=O)Nc1ccc(F)cc1. The molecule has 4 nitrogen and oxygen atoms in total. The van der Waals surface area contributed by atoms with Crippen molar-refractivity contribution in [1.29, 1.82) is 0 Å². The molecule has 0 fully saturated rings. The number of carbonyl (C=O) groups excluding carboxylic acids is 1. The smallest absolute Gasteiger partial charge is 0.241 e. The number of aromatic amines is 1. The van der Waals surface area contributed by atoms with Crippen LogP contribution in [0, 0.1) is 5.82 Å². The van der Waals surface area contributed by atoms with Gasteiger partial charge in [-0.15, -0.1) is 0 Å². The number of para-hydroxylation sites is 1. The zero-order valence-corrected chi connectivity index (χ0v) is 11.8. The molecule has 0 bridgehead atoms. The number of fused-ring (bicyclic) bond motifs is 1. The molecule has 112 valence electrons. The van der Waals surface area contributed by atoms with Crippen molar-refractivity contribution in [1.82, 2.24) is 4.98 Å². The predicted octanol–water partition coefficient (Wildman–Crippen LogP) is 2.82. The molecule has 0 saturated heterocycles. The summed E-state index contributed by atoms with van der Waals surface area (Å²) < 4.78 is 12.8. The van der Waals surface area contributed by atoms with E-state index in [1.54, 1.807) is 0 Å². The van der Waals surface area contributed by atoms with Crippen molar-refractivity contribution in [3.05, 3.63) is 66.1 Å². The molecule has 0 aliphatic carbocycles. The van der Waals surface area contributed by atoms with Gasteiger partial charge in [0.25, 0.3) is 0 Å². The number of benzene rings is 2. The van der Waals surface area contributed by atoms with Gasteiger partial charge in [-0.05, 0) is 42.3 Å². The molecule has 1 unspecified atom stereocenters. The van der Waals surface area contributed by atoms with Crippen molar-refractivity contribution in [3.8, 4) is 0 Å². The molecule has 3 rings (SSSR count). The Balaban J connectivity index is 1.69. The summed E-state index contributed by atoms with van der Waals surface area (Å²) in [7, 11) is 0. The van der Waals surface area contributed by atoms with Crippen LogP contribution < -0.4 is 11.1 Å². The molecule has 5 heteroatoms. The van der Waals surface area contributed by atoms with Gasteiger partial charge in [0.15, 0.2) is 0 Å². The lowest BCUT2D eigenvalue weighted by atomic mass is 10.0. The summed E-state index contributed by atoms with van der Waals surface area (Å²) in [5.41, 5.74) is 8.52. The van der Waals surface area contributed by atoms with E-state index in [0.29, 0.717) is 12.1 Å². The highest BCUT2D eigenvalue weighted by Gasteiger charge is 2.16. The number of aromatic nitrogens is 1. The van der Waals surface area contributed by atoms with E-state index in [2.05, 4.69) is 10.3 Å². The Morgan fingerprint density at radius 1 is 1.18 bits per heavy atom. The molecular weight excluding hydrogens is 281 g/mol. The Labute approximate surface area is 127 Å². The highest BCUT2D eigenvalue weighted by molar-refractivity contribution is 5.95. The number of hydrogen-bond acceptors (Lipinski definition) is 2. The summed E-state index contributed by atoms with van der Waals surface area (Å²) in [6.07, 6.45) is 2.30. The number of anilines is 1. The Hall–Kier alpha value is -2.66. The van der Waals surface area contributed by atoms with Crippen molar-refractivity contribution in [2.24, 2.45) is 5.73 Å². The molecule has 1 heterocycles. The normalized spacial score (nSPS) is 12.3. The number of carbonyl (C=O) groups is 1. The standard InChI is InChI=1S/C17H16FN3O/c18-12-5-7-13(8-6-12)21-17(22)15(19)9-11-10-20-16-4-2-1-3-14(11)16/h1-8,10,15,20H,9,19H2,(H,21,22). The van der Waals surface area contributed by atoms with E-state index in [4.69, 9.17) is 5.73 Å². The van der Waals surface area contributed by atoms with Crippen LogP contribution in [0.25, 0.3) is 10.9 Å². The maximum absolute atomic E-state index is 12.8. The van der Waals surface area contributed by atoms with Crippen molar-refractivity contribution in [2.75, 3.05) is 5.32 Å². The van der Waals surface area contributed by atoms with Crippen molar-refractivity contribution < 1.29 is 9.18 Å². The number of H-pyrrole nitrogens is 1. The minimum Gasteiger partial charge on any atom is -0.361 e. The van der Waals surface area contributed by atoms with Gasteiger partial charge >= 0.3 is 0 Å². The van der Waals surface area contributed by atoms with Gasteiger partial charge in [0, 0.05) is 22.8 Å². The molecule has 4 N–H and O–H groups in total. The van der Waals surface area contributed by atoms with Gasteiger partial charge < -0.3 is 16.0 Å². The van der Waals surface area contributed by atoms with Crippen LogP contribution in [0.5, 0.6) is 0 Å². The molecule has 0 aliphatic rings. The third-order valence-electron chi connectivity index (χ3n) is 3.56. The molecule has 1 amide bonds. The van der Waals surface area contributed by atoms with Gasteiger partial charge in [-0.3, -0.25) is 4.79 Å². The molecule has 0 aliphatic heterocycles. The molecule has 0 spiro atoms. The van der Waals surface area contributed by atoms with E-state index in [-0.39, 0.29) is 11.7 Å². The predicted molar refractivity (Wildman–Crippen MR) is 85.0 cm³/mol. The van der Waals surface area contributed by atoms with Gasteiger partial charge in [0.05, 0.1) is 6.04 Å². The summed E-state index contributed by atoms with van der Waals surface area (Å²) in [6.45, 7) is 0. The van der Waals surface area contributed by atoms with Crippen molar-refractivity contribution in [2.45, 2.75) is 12.5 Å². The number of nitrogens with two attached hydrogens (primary N) is 1. The Bertz CT molecular complexity index is 795. The highest BCUT2D eigenvalue weighted by atomic mass is 19.1. The molecule has 1 atom stereocenters. The molecular formula is C17H16FN3O. The van der Waals surface area contributed by atoms with Gasteiger partial charge in [0.2, 0.25) is 5.91 Å². The second-order valence-electron chi connectivity index (χ2n) is 5.17. The second-order valence-corrected chi connectivity index (χ2v) is 5.17. The Morgan fingerprint density at radius 3 is 2.68 bits per heavy atom.